The highest BCUT2D eigenvalue weighted by Crippen LogP contribution is 2.21. The molecule has 0 bridgehead atoms. The van der Waals surface area contributed by atoms with Gasteiger partial charge in [-0.05, 0) is 12.1 Å². The average Bonchev–Trinajstić information content (AvgIpc) is 2.91. The first-order valence-electron chi connectivity index (χ1n) is 6.41. The highest BCUT2D eigenvalue weighted by atomic mass is 16.5. The molecule has 0 aliphatic carbocycles. The number of nitrogens with one attached hydrogen (secondary N) is 2. The Morgan fingerprint density at radius 3 is 3.25 bits per heavy atom. The Morgan fingerprint density at radius 1 is 1.50 bits per heavy atom. The maximum atomic E-state index is 12.2. The van der Waals surface area contributed by atoms with E-state index in [0.717, 1.165) is 24.3 Å². The van der Waals surface area contributed by atoms with Gasteiger partial charge in [-0.2, -0.15) is 0 Å². The molecule has 2 N–H and O–H groups in total. The summed E-state index contributed by atoms with van der Waals surface area (Å²) < 4.78 is 10.3. The smallest absolute Gasteiger partial charge is 0.278 e. The molecule has 20 heavy (non-hydrogen) atoms. The second-order valence-electron chi connectivity index (χ2n) is 4.55. The van der Waals surface area contributed by atoms with E-state index < -0.39 is 0 Å². The van der Waals surface area contributed by atoms with Gasteiger partial charge in [0.25, 0.3) is 5.91 Å². The van der Waals surface area contributed by atoms with Crippen LogP contribution in [0.2, 0.25) is 0 Å². The van der Waals surface area contributed by atoms with Crippen molar-refractivity contribution in [3.05, 3.63) is 41.3 Å². The van der Waals surface area contributed by atoms with E-state index in [-0.39, 0.29) is 5.91 Å². The number of benzene rings is 1. The van der Waals surface area contributed by atoms with Crippen molar-refractivity contribution in [3.8, 4) is 5.75 Å². The second-order valence-corrected chi connectivity index (χ2v) is 4.55. The minimum absolute atomic E-state index is 0.271. The van der Waals surface area contributed by atoms with Crippen LogP contribution < -0.4 is 15.4 Å². The van der Waals surface area contributed by atoms with Gasteiger partial charge in [0.2, 0.25) is 0 Å². The predicted octanol–water partition coefficient (Wildman–Crippen LogP) is 1.58. The normalized spacial score (nSPS) is 13.7. The predicted molar refractivity (Wildman–Crippen MR) is 72.9 cm³/mol. The Labute approximate surface area is 116 Å². The third-order valence-electron chi connectivity index (χ3n) is 3.24. The number of carbonyl (C=O) groups is 1. The second kappa shape index (κ2) is 5.34. The zero-order valence-corrected chi connectivity index (χ0v) is 11.1. The summed E-state index contributed by atoms with van der Waals surface area (Å²) in [6, 6.07) is 7.18. The molecule has 2 heterocycles. The van der Waals surface area contributed by atoms with Gasteiger partial charge >= 0.3 is 0 Å². The van der Waals surface area contributed by atoms with Gasteiger partial charge in [-0.15, -0.1) is 0 Å². The number of ether oxygens (including phenoxy) is 1. The minimum atomic E-state index is -0.271. The molecule has 1 aliphatic heterocycles. The number of fused-ring (bicyclic) bond motifs is 1. The van der Waals surface area contributed by atoms with Crippen molar-refractivity contribution in [2.24, 2.45) is 0 Å². The lowest BCUT2D eigenvalue weighted by Crippen LogP contribution is -2.25. The number of carbonyl (C=O) groups excluding carboxylic acids is 1. The van der Waals surface area contributed by atoms with Crippen LogP contribution in [0, 0.1) is 0 Å². The highest BCUT2D eigenvalue weighted by molar-refractivity contribution is 6.04. The monoisotopic (exact) mass is 273 g/mol. The van der Waals surface area contributed by atoms with Crippen LogP contribution in [0.15, 0.2) is 28.8 Å². The van der Waals surface area contributed by atoms with Gasteiger partial charge in [0.15, 0.2) is 5.69 Å². The van der Waals surface area contributed by atoms with E-state index in [4.69, 9.17) is 9.26 Å². The summed E-state index contributed by atoms with van der Waals surface area (Å²) in [5.41, 5.74) is 1.85. The molecule has 0 saturated heterocycles. The Hall–Kier alpha value is -2.34. The summed E-state index contributed by atoms with van der Waals surface area (Å²) >= 11 is 0. The molecule has 0 unspecified atom stereocenters. The molecule has 1 aromatic heterocycles. The van der Waals surface area contributed by atoms with Gasteiger partial charge in [0.1, 0.15) is 11.5 Å². The van der Waals surface area contributed by atoms with Gasteiger partial charge in [-0.3, -0.25) is 4.79 Å². The van der Waals surface area contributed by atoms with E-state index in [9.17, 15) is 4.79 Å². The number of nitrogens with zero attached hydrogens (tertiary/aromatic N) is 1. The van der Waals surface area contributed by atoms with Crippen LogP contribution in [0.25, 0.3) is 0 Å². The maximum absolute atomic E-state index is 12.2. The molecule has 1 aromatic carbocycles. The van der Waals surface area contributed by atoms with Gasteiger partial charge in [0, 0.05) is 36.8 Å². The third kappa shape index (κ3) is 2.37. The van der Waals surface area contributed by atoms with Crippen molar-refractivity contribution in [2.75, 3.05) is 19.0 Å². The number of aromatic nitrogens is 1. The fourth-order valence-corrected chi connectivity index (χ4v) is 2.21. The number of rotatable bonds is 3. The molecule has 0 atom stereocenters. The van der Waals surface area contributed by atoms with Crippen LogP contribution in [0.3, 0.4) is 0 Å². The first-order valence-corrected chi connectivity index (χ1v) is 6.41. The Morgan fingerprint density at radius 2 is 2.40 bits per heavy atom. The Kier molecular flexibility index (Phi) is 3.39. The Balaban J connectivity index is 1.80. The average molecular weight is 273 g/mol. The highest BCUT2D eigenvalue weighted by Gasteiger charge is 2.23. The van der Waals surface area contributed by atoms with Crippen molar-refractivity contribution in [3.63, 3.8) is 0 Å². The van der Waals surface area contributed by atoms with E-state index >= 15 is 0 Å². The SMILES string of the molecule is COc1cccc(NC(=O)c2noc3c2CNCC3)c1. The summed E-state index contributed by atoms with van der Waals surface area (Å²) in [6.07, 6.45) is 0.759. The molecular weight excluding hydrogens is 258 g/mol. The van der Waals surface area contributed by atoms with Crippen molar-refractivity contribution < 1.29 is 14.1 Å². The molecule has 104 valence electrons. The molecule has 6 heteroatoms. The molecule has 0 saturated carbocycles. The fraction of sp³-hybridized carbons (Fsp3) is 0.286. The lowest BCUT2D eigenvalue weighted by atomic mass is 10.1. The first kappa shape index (κ1) is 12.7. The van der Waals surface area contributed by atoms with Gasteiger partial charge in [-0.1, -0.05) is 11.2 Å². The number of anilines is 1. The molecule has 3 rings (SSSR count). The third-order valence-corrected chi connectivity index (χ3v) is 3.24. The largest absolute Gasteiger partial charge is 0.497 e. The van der Waals surface area contributed by atoms with Crippen molar-refractivity contribution >= 4 is 11.6 Å². The number of hydrogen-bond acceptors (Lipinski definition) is 5. The number of methoxy groups -OCH3 is 1. The van der Waals surface area contributed by atoms with E-state index in [1.807, 2.05) is 12.1 Å². The van der Waals surface area contributed by atoms with Crippen LogP contribution in [-0.2, 0) is 13.0 Å². The zero-order valence-electron chi connectivity index (χ0n) is 11.1. The molecule has 1 aliphatic rings. The van der Waals surface area contributed by atoms with Crippen LogP contribution in [0.4, 0.5) is 5.69 Å². The van der Waals surface area contributed by atoms with E-state index in [1.165, 1.54) is 0 Å². The van der Waals surface area contributed by atoms with Crippen molar-refractivity contribution in [1.29, 1.82) is 0 Å². The molecule has 6 nitrogen and oxygen atoms in total. The summed E-state index contributed by atoms with van der Waals surface area (Å²) in [7, 11) is 1.58. The number of hydrogen-bond donors (Lipinski definition) is 2. The summed E-state index contributed by atoms with van der Waals surface area (Å²) in [4.78, 5) is 12.2. The lowest BCUT2D eigenvalue weighted by molar-refractivity contribution is 0.101. The van der Waals surface area contributed by atoms with Crippen LogP contribution in [0.5, 0.6) is 5.75 Å². The standard InChI is InChI=1S/C14H15N3O3/c1-19-10-4-2-3-9(7-10)16-14(18)13-11-8-15-6-5-12(11)20-17-13/h2-4,7,15H,5-6,8H2,1H3,(H,16,18). The molecule has 1 amide bonds. The van der Waals surface area contributed by atoms with Crippen LogP contribution >= 0.6 is 0 Å². The number of amides is 1. The fourth-order valence-electron chi connectivity index (χ4n) is 2.21. The molecular formula is C14H15N3O3. The van der Waals surface area contributed by atoms with Crippen LogP contribution in [0.1, 0.15) is 21.8 Å². The molecule has 2 aromatic rings. The summed E-state index contributed by atoms with van der Waals surface area (Å²) in [5.74, 6) is 1.21. The van der Waals surface area contributed by atoms with Gasteiger partial charge in [-0.25, -0.2) is 0 Å². The topological polar surface area (TPSA) is 76.4 Å². The van der Waals surface area contributed by atoms with Crippen molar-refractivity contribution in [1.82, 2.24) is 10.5 Å². The first-order chi connectivity index (χ1) is 9.78. The van der Waals surface area contributed by atoms with Crippen molar-refractivity contribution in [2.45, 2.75) is 13.0 Å². The quantitative estimate of drug-likeness (QED) is 0.888. The van der Waals surface area contributed by atoms with E-state index in [2.05, 4.69) is 15.8 Å². The van der Waals surface area contributed by atoms with Gasteiger partial charge < -0.3 is 19.9 Å². The molecule has 0 radical (unpaired) electrons. The zero-order chi connectivity index (χ0) is 13.9. The van der Waals surface area contributed by atoms with E-state index in [0.29, 0.717) is 23.7 Å². The maximum Gasteiger partial charge on any atom is 0.278 e. The molecule has 0 fully saturated rings. The Bertz CT molecular complexity index is 636. The lowest BCUT2D eigenvalue weighted by Gasteiger charge is -2.11. The summed E-state index contributed by atoms with van der Waals surface area (Å²) in [5, 5.41) is 9.88. The van der Waals surface area contributed by atoms with Crippen LogP contribution in [-0.4, -0.2) is 24.7 Å². The van der Waals surface area contributed by atoms with Gasteiger partial charge in [0.05, 0.1) is 7.11 Å². The molecule has 0 spiro atoms. The van der Waals surface area contributed by atoms with E-state index in [1.54, 1.807) is 19.2 Å². The minimum Gasteiger partial charge on any atom is -0.497 e. The summed E-state index contributed by atoms with van der Waals surface area (Å²) in [6.45, 7) is 1.46.